The average molecular weight is 284 g/mol. The van der Waals surface area contributed by atoms with Gasteiger partial charge in [0.1, 0.15) is 5.82 Å². The van der Waals surface area contributed by atoms with Crippen LogP contribution in [-0.2, 0) is 11.3 Å². The maximum atomic E-state index is 6.25. The number of nitrogens with zero attached hydrogens (tertiary/aromatic N) is 2. The minimum atomic E-state index is 0.416. The van der Waals surface area contributed by atoms with Gasteiger partial charge in [-0.2, -0.15) is 0 Å². The summed E-state index contributed by atoms with van der Waals surface area (Å²) >= 11 is 6.25. The fraction of sp³-hybridized carbons (Fsp3) is 0.643. The topological polar surface area (TPSA) is 37.4 Å². The molecule has 0 amide bonds. The molecule has 1 unspecified atom stereocenters. The molecule has 0 saturated carbocycles. The first-order chi connectivity index (χ1) is 9.20. The summed E-state index contributed by atoms with van der Waals surface area (Å²) in [5.41, 5.74) is 0.941. The zero-order valence-corrected chi connectivity index (χ0v) is 12.4. The molecule has 0 aliphatic carbocycles. The summed E-state index contributed by atoms with van der Waals surface area (Å²) in [6.07, 6.45) is 1.08. The van der Waals surface area contributed by atoms with Crippen LogP contribution in [0.2, 0.25) is 5.02 Å². The normalized spacial score (nSPS) is 20.5. The lowest BCUT2D eigenvalue weighted by molar-refractivity contribution is -0.00487. The van der Waals surface area contributed by atoms with Gasteiger partial charge in [0.15, 0.2) is 0 Å². The summed E-state index contributed by atoms with van der Waals surface area (Å²) in [6.45, 7) is 8.53. The molecule has 0 radical (unpaired) electrons. The van der Waals surface area contributed by atoms with Crippen LogP contribution in [0.3, 0.4) is 0 Å². The highest BCUT2D eigenvalue weighted by atomic mass is 35.5. The summed E-state index contributed by atoms with van der Waals surface area (Å²) < 4.78 is 5.45. The Labute approximate surface area is 120 Å². The van der Waals surface area contributed by atoms with E-state index in [2.05, 4.69) is 29.0 Å². The second-order valence-corrected chi connectivity index (χ2v) is 5.35. The zero-order chi connectivity index (χ0) is 13.7. The number of hydrogen-bond donors (Lipinski definition) is 1. The molecule has 0 spiro atoms. The molecule has 1 aliphatic heterocycles. The fourth-order valence-electron chi connectivity index (χ4n) is 2.14. The molecular weight excluding hydrogens is 262 g/mol. The van der Waals surface area contributed by atoms with Crippen LogP contribution < -0.4 is 5.32 Å². The van der Waals surface area contributed by atoms with Gasteiger partial charge in [0.25, 0.3) is 0 Å². The fourth-order valence-corrected chi connectivity index (χ4v) is 2.30. The lowest BCUT2D eigenvalue weighted by atomic mass is 10.2. The van der Waals surface area contributed by atoms with Crippen LogP contribution in [0.4, 0.5) is 5.82 Å². The number of pyridine rings is 1. The van der Waals surface area contributed by atoms with Crippen molar-refractivity contribution in [2.75, 3.05) is 31.6 Å². The molecule has 4 nitrogen and oxygen atoms in total. The molecule has 1 aromatic rings. The Balaban J connectivity index is 2.05. The van der Waals surface area contributed by atoms with Gasteiger partial charge in [-0.15, -0.1) is 0 Å². The third-order valence-electron chi connectivity index (χ3n) is 3.33. The maximum Gasteiger partial charge on any atom is 0.126 e. The molecule has 5 heteroatoms. The molecule has 1 N–H and O–H groups in total. The van der Waals surface area contributed by atoms with E-state index < -0.39 is 0 Å². The molecule has 1 atom stereocenters. The quantitative estimate of drug-likeness (QED) is 0.902. The van der Waals surface area contributed by atoms with Crippen molar-refractivity contribution in [3.05, 3.63) is 22.8 Å². The molecule has 19 heavy (non-hydrogen) atoms. The third-order valence-corrected chi connectivity index (χ3v) is 3.68. The summed E-state index contributed by atoms with van der Waals surface area (Å²) in [5, 5.41) is 4.03. The standard InChI is InChI=1S/C14H22ClN3O/c1-3-6-16-14-5-4-12(15)13(17-14)9-18-7-8-19-10-11(18)2/h4-5,11H,3,6-10H2,1-2H3,(H,16,17). The molecule has 2 rings (SSSR count). The van der Waals surface area contributed by atoms with Crippen molar-refractivity contribution in [3.63, 3.8) is 0 Å². The van der Waals surface area contributed by atoms with Crippen molar-refractivity contribution in [2.45, 2.75) is 32.9 Å². The number of halogens is 1. The number of nitrogens with one attached hydrogen (secondary N) is 1. The van der Waals surface area contributed by atoms with Gasteiger partial charge in [0.2, 0.25) is 0 Å². The van der Waals surface area contributed by atoms with Crippen molar-refractivity contribution in [1.82, 2.24) is 9.88 Å². The second kappa shape index (κ2) is 7.08. The van der Waals surface area contributed by atoms with E-state index in [4.69, 9.17) is 16.3 Å². The first-order valence-corrected chi connectivity index (χ1v) is 7.29. The minimum Gasteiger partial charge on any atom is -0.379 e. The first-order valence-electron chi connectivity index (χ1n) is 6.91. The van der Waals surface area contributed by atoms with Crippen LogP contribution in [0.25, 0.3) is 0 Å². The van der Waals surface area contributed by atoms with E-state index in [0.29, 0.717) is 6.04 Å². The predicted octanol–water partition coefficient (Wildman–Crippen LogP) is 2.78. The molecular formula is C14H22ClN3O. The Morgan fingerprint density at radius 1 is 1.53 bits per heavy atom. The lowest BCUT2D eigenvalue weighted by Gasteiger charge is -2.33. The van der Waals surface area contributed by atoms with Crippen molar-refractivity contribution in [3.8, 4) is 0 Å². The summed E-state index contributed by atoms with van der Waals surface area (Å²) in [6, 6.07) is 4.27. The van der Waals surface area contributed by atoms with E-state index >= 15 is 0 Å². The summed E-state index contributed by atoms with van der Waals surface area (Å²) in [5.74, 6) is 0.905. The van der Waals surface area contributed by atoms with Crippen LogP contribution in [0.1, 0.15) is 26.0 Å². The highest BCUT2D eigenvalue weighted by molar-refractivity contribution is 6.31. The monoisotopic (exact) mass is 283 g/mol. The van der Waals surface area contributed by atoms with Gasteiger partial charge in [-0.1, -0.05) is 18.5 Å². The van der Waals surface area contributed by atoms with E-state index in [0.717, 1.165) is 55.8 Å². The van der Waals surface area contributed by atoms with Gasteiger partial charge in [-0.05, 0) is 25.5 Å². The van der Waals surface area contributed by atoms with Gasteiger partial charge in [-0.3, -0.25) is 4.90 Å². The van der Waals surface area contributed by atoms with E-state index in [-0.39, 0.29) is 0 Å². The molecule has 0 aromatic carbocycles. The van der Waals surface area contributed by atoms with E-state index in [9.17, 15) is 0 Å². The predicted molar refractivity (Wildman–Crippen MR) is 78.7 cm³/mol. The summed E-state index contributed by atoms with van der Waals surface area (Å²) in [4.78, 5) is 6.98. The van der Waals surface area contributed by atoms with E-state index in [1.807, 2.05) is 12.1 Å². The number of morpholine rings is 1. The minimum absolute atomic E-state index is 0.416. The number of anilines is 1. The summed E-state index contributed by atoms with van der Waals surface area (Å²) in [7, 11) is 0. The largest absolute Gasteiger partial charge is 0.379 e. The van der Waals surface area contributed by atoms with Gasteiger partial charge in [-0.25, -0.2) is 4.98 Å². The van der Waals surface area contributed by atoms with Crippen LogP contribution in [-0.4, -0.2) is 42.2 Å². The van der Waals surface area contributed by atoms with Gasteiger partial charge in [0, 0.05) is 25.7 Å². The second-order valence-electron chi connectivity index (χ2n) is 4.95. The lowest BCUT2D eigenvalue weighted by Crippen LogP contribution is -2.43. The Kier molecular flexibility index (Phi) is 5.43. The smallest absolute Gasteiger partial charge is 0.126 e. The van der Waals surface area contributed by atoms with Crippen molar-refractivity contribution < 1.29 is 4.74 Å². The van der Waals surface area contributed by atoms with Gasteiger partial charge in [0.05, 0.1) is 23.9 Å². The average Bonchev–Trinajstić information content (AvgIpc) is 2.42. The SMILES string of the molecule is CCCNc1ccc(Cl)c(CN2CCOCC2C)n1. The van der Waals surface area contributed by atoms with Crippen LogP contribution in [0.15, 0.2) is 12.1 Å². The number of hydrogen-bond acceptors (Lipinski definition) is 4. The van der Waals surface area contributed by atoms with Crippen molar-refractivity contribution in [2.24, 2.45) is 0 Å². The van der Waals surface area contributed by atoms with Gasteiger partial charge < -0.3 is 10.1 Å². The van der Waals surface area contributed by atoms with Crippen LogP contribution in [0.5, 0.6) is 0 Å². The molecule has 1 aromatic heterocycles. The molecule has 1 fully saturated rings. The highest BCUT2D eigenvalue weighted by Crippen LogP contribution is 2.20. The molecule has 1 aliphatic rings. The Morgan fingerprint density at radius 3 is 3.11 bits per heavy atom. The highest BCUT2D eigenvalue weighted by Gasteiger charge is 2.20. The Hall–Kier alpha value is -0.840. The van der Waals surface area contributed by atoms with Crippen LogP contribution >= 0.6 is 11.6 Å². The Bertz CT molecular complexity index is 414. The maximum absolute atomic E-state index is 6.25. The van der Waals surface area contributed by atoms with Gasteiger partial charge >= 0.3 is 0 Å². The number of ether oxygens (including phenoxy) is 1. The third kappa shape index (κ3) is 4.06. The van der Waals surface area contributed by atoms with Crippen LogP contribution in [0, 0.1) is 0 Å². The molecule has 1 saturated heterocycles. The number of aromatic nitrogens is 1. The van der Waals surface area contributed by atoms with Crippen molar-refractivity contribution >= 4 is 17.4 Å². The van der Waals surface area contributed by atoms with Crippen molar-refractivity contribution in [1.29, 1.82) is 0 Å². The number of rotatable bonds is 5. The van der Waals surface area contributed by atoms with E-state index in [1.54, 1.807) is 0 Å². The molecule has 2 heterocycles. The molecule has 106 valence electrons. The zero-order valence-electron chi connectivity index (χ0n) is 11.7. The first kappa shape index (κ1) is 14.6. The Morgan fingerprint density at radius 2 is 2.37 bits per heavy atom. The van der Waals surface area contributed by atoms with E-state index in [1.165, 1.54) is 0 Å². The molecule has 0 bridgehead atoms.